The molecule has 1 aromatic rings. The van der Waals surface area contributed by atoms with Gasteiger partial charge in [0.2, 0.25) is 0 Å². The second-order valence-corrected chi connectivity index (χ2v) is 5.55. The largest absolute Gasteiger partial charge is 0.314 e. The molecule has 1 fully saturated rings. The molecule has 1 aliphatic rings. The molecule has 1 N–H and O–H groups in total. The predicted molar refractivity (Wildman–Crippen MR) is 67.2 cm³/mol. The van der Waals surface area contributed by atoms with Crippen molar-refractivity contribution in [3.8, 4) is 0 Å². The van der Waals surface area contributed by atoms with Gasteiger partial charge in [0.1, 0.15) is 0 Å². The Labute approximate surface area is 100 Å². The van der Waals surface area contributed by atoms with E-state index in [1.165, 1.54) is 11.3 Å². The summed E-state index contributed by atoms with van der Waals surface area (Å²) in [6.07, 6.45) is 0. The molecule has 0 spiro atoms. The normalized spacial score (nSPS) is 18.6. The average Bonchev–Trinajstić information content (AvgIpc) is 2.82. The first kappa shape index (κ1) is 11.8. The number of hydrogen-bond acceptors (Lipinski definition) is 4. The van der Waals surface area contributed by atoms with Crippen LogP contribution in [0.3, 0.4) is 0 Å². The van der Waals surface area contributed by atoms with Gasteiger partial charge in [0.05, 0.1) is 10.4 Å². The summed E-state index contributed by atoms with van der Waals surface area (Å²) in [5, 5.41) is 5.27. The fourth-order valence-electron chi connectivity index (χ4n) is 2.08. The lowest BCUT2D eigenvalue weighted by atomic mass is 9.94. The van der Waals surface area contributed by atoms with Crippen LogP contribution in [-0.2, 0) is 0 Å². The number of piperazine rings is 1. The quantitative estimate of drug-likeness (QED) is 0.812. The zero-order valence-corrected chi connectivity index (χ0v) is 10.6. The Morgan fingerprint density at radius 3 is 2.69 bits per heavy atom. The maximum absolute atomic E-state index is 12.4. The van der Waals surface area contributed by atoms with Crippen molar-refractivity contribution >= 4 is 17.1 Å². The van der Waals surface area contributed by atoms with Crippen molar-refractivity contribution in [1.82, 2.24) is 10.2 Å². The summed E-state index contributed by atoms with van der Waals surface area (Å²) < 4.78 is 0. The summed E-state index contributed by atoms with van der Waals surface area (Å²) in [7, 11) is 0. The van der Waals surface area contributed by atoms with Gasteiger partial charge in [-0.1, -0.05) is 6.07 Å². The highest BCUT2D eigenvalue weighted by atomic mass is 32.1. The molecule has 1 aromatic heterocycles. The van der Waals surface area contributed by atoms with Crippen LogP contribution in [0.4, 0.5) is 0 Å². The van der Waals surface area contributed by atoms with E-state index >= 15 is 0 Å². The van der Waals surface area contributed by atoms with Gasteiger partial charge in [0.15, 0.2) is 5.78 Å². The SMILES string of the molecule is CC(C)(C(=O)c1cccs1)N1CCNCC1. The molecule has 0 amide bonds. The van der Waals surface area contributed by atoms with Crippen LogP contribution < -0.4 is 5.32 Å². The molecule has 2 heterocycles. The maximum Gasteiger partial charge on any atom is 0.192 e. The third-order valence-corrected chi connectivity index (χ3v) is 4.08. The second-order valence-electron chi connectivity index (χ2n) is 4.60. The van der Waals surface area contributed by atoms with Crippen molar-refractivity contribution in [2.45, 2.75) is 19.4 Å². The molecule has 0 saturated carbocycles. The topological polar surface area (TPSA) is 32.3 Å². The number of hydrogen-bond donors (Lipinski definition) is 1. The molecule has 1 saturated heterocycles. The van der Waals surface area contributed by atoms with Gasteiger partial charge in [0, 0.05) is 26.2 Å². The van der Waals surface area contributed by atoms with Crippen LogP contribution in [0.15, 0.2) is 17.5 Å². The first-order chi connectivity index (χ1) is 7.62. The van der Waals surface area contributed by atoms with Crippen molar-refractivity contribution in [3.63, 3.8) is 0 Å². The molecule has 3 nitrogen and oxygen atoms in total. The lowest BCUT2D eigenvalue weighted by molar-refractivity contribution is 0.0607. The Morgan fingerprint density at radius 2 is 2.12 bits per heavy atom. The third-order valence-electron chi connectivity index (χ3n) is 3.21. The molecule has 4 heteroatoms. The Kier molecular flexibility index (Phi) is 3.42. The van der Waals surface area contributed by atoms with Gasteiger partial charge in [0.25, 0.3) is 0 Å². The van der Waals surface area contributed by atoms with Crippen LogP contribution in [0.25, 0.3) is 0 Å². The minimum absolute atomic E-state index is 0.240. The molecule has 0 unspecified atom stereocenters. The van der Waals surface area contributed by atoms with Crippen molar-refractivity contribution in [3.05, 3.63) is 22.4 Å². The zero-order valence-electron chi connectivity index (χ0n) is 9.82. The number of ketones is 1. The van der Waals surface area contributed by atoms with E-state index in [4.69, 9.17) is 0 Å². The van der Waals surface area contributed by atoms with Gasteiger partial charge in [-0.05, 0) is 25.3 Å². The van der Waals surface area contributed by atoms with Crippen LogP contribution in [0.5, 0.6) is 0 Å². The van der Waals surface area contributed by atoms with Crippen LogP contribution >= 0.6 is 11.3 Å². The smallest absolute Gasteiger partial charge is 0.192 e. The van der Waals surface area contributed by atoms with E-state index in [-0.39, 0.29) is 11.3 Å². The number of nitrogens with zero attached hydrogens (tertiary/aromatic N) is 1. The number of carbonyl (C=O) groups excluding carboxylic acids is 1. The summed E-state index contributed by atoms with van der Waals surface area (Å²) in [6, 6.07) is 3.85. The lowest BCUT2D eigenvalue weighted by Gasteiger charge is -2.39. The highest BCUT2D eigenvalue weighted by Gasteiger charge is 2.35. The molecule has 2 rings (SSSR count). The Hall–Kier alpha value is -0.710. The molecular weight excluding hydrogens is 220 g/mol. The van der Waals surface area contributed by atoms with Gasteiger partial charge in [-0.25, -0.2) is 0 Å². The van der Waals surface area contributed by atoms with Crippen molar-refractivity contribution in [1.29, 1.82) is 0 Å². The van der Waals surface area contributed by atoms with Gasteiger partial charge in [-0.2, -0.15) is 0 Å². The fourth-order valence-corrected chi connectivity index (χ4v) is 2.89. The Balaban J connectivity index is 2.14. The molecule has 0 bridgehead atoms. The van der Waals surface area contributed by atoms with Crippen LogP contribution in [0, 0.1) is 0 Å². The molecular formula is C12H18N2OS. The van der Waals surface area contributed by atoms with Crippen molar-refractivity contribution in [2.24, 2.45) is 0 Å². The Morgan fingerprint density at radius 1 is 1.44 bits per heavy atom. The van der Waals surface area contributed by atoms with E-state index in [2.05, 4.69) is 10.2 Å². The number of Topliss-reactive ketones (excluding diaryl/α,β-unsaturated/α-hetero) is 1. The van der Waals surface area contributed by atoms with E-state index in [1.54, 1.807) is 0 Å². The number of rotatable bonds is 3. The van der Waals surface area contributed by atoms with Crippen molar-refractivity contribution < 1.29 is 4.79 Å². The second kappa shape index (κ2) is 4.65. The van der Waals surface area contributed by atoms with Gasteiger partial charge >= 0.3 is 0 Å². The van der Waals surface area contributed by atoms with Crippen LogP contribution in [-0.4, -0.2) is 42.4 Å². The number of thiophene rings is 1. The zero-order chi connectivity index (χ0) is 11.6. The van der Waals surface area contributed by atoms with Gasteiger partial charge in [-0.15, -0.1) is 11.3 Å². The fraction of sp³-hybridized carbons (Fsp3) is 0.583. The summed E-state index contributed by atoms with van der Waals surface area (Å²) in [6.45, 7) is 7.90. The van der Waals surface area contributed by atoms with E-state index in [0.717, 1.165) is 31.1 Å². The lowest BCUT2D eigenvalue weighted by Crippen LogP contribution is -2.56. The highest BCUT2D eigenvalue weighted by Crippen LogP contribution is 2.23. The van der Waals surface area contributed by atoms with E-state index in [1.807, 2.05) is 31.4 Å². The molecule has 0 aliphatic carbocycles. The minimum Gasteiger partial charge on any atom is -0.314 e. The first-order valence-electron chi connectivity index (χ1n) is 5.66. The molecule has 0 aromatic carbocycles. The van der Waals surface area contributed by atoms with Gasteiger partial charge < -0.3 is 5.32 Å². The molecule has 16 heavy (non-hydrogen) atoms. The summed E-state index contributed by atoms with van der Waals surface area (Å²) in [5.41, 5.74) is -0.382. The standard InChI is InChI=1S/C12H18N2OS/c1-12(2,14-7-5-13-6-8-14)11(15)10-4-3-9-16-10/h3-4,9,13H,5-8H2,1-2H3. The molecule has 88 valence electrons. The maximum atomic E-state index is 12.4. The van der Waals surface area contributed by atoms with Crippen molar-refractivity contribution in [2.75, 3.05) is 26.2 Å². The van der Waals surface area contributed by atoms with E-state index < -0.39 is 0 Å². The summed E-state index contributed by atoms with van der Waals surface area (Å²) in [5.74, 6) is 0.240. The monoisotopic (exact) mass is 238 g/mol. The molecule has 0 radical (unpaired) electrons. The molecule has 1 aliphatic heterocycles. The minimum atomic E-state index is -0.382. The Bertz CT molecular complexity index is 353. The summed E-state index contributed by atoms with van der Waals surface area (Å²) in [4.78, 5) is 15.5. The van der Waals surface area contributed by atoms with E-state index in [0.29, 0.717) is 0 Å². The predicted octanol–water partition coefficient (Wildman–Crippen LogP) is 1.61. The number of nitrogens with one attached hydrogen (secondary N) is 1. The average molecular weight is 238 g/mol. The van der Waals surface area contributed by atoms with Crippen LogP contribution in [0.2, 0.25) is 0 Å². The highest BCUT2D eigenvalue weighted by molar-refractivity contribution is 7.12. The van der Waals surface area contributed by atoms with Crippen LogP contribution in [0.1, 0.15) is 23.5 Å². The number of carbonyl (C=O) groups is 1. The van der Waals surface area contributed by atoms with E-state index in [9.17, 15) is 4.79 Å². The van der Waals surface area contributed by atoms with Gasteiger partial charge in [-0.3, -0.25) is 9.69 Å². The third kappa shape index (κ3) is 2.19. The summed E-state index contributed by atoms with van der Waals surface area (Å²) >= 11 is 1.53. The first-order valence-corrected chi connectivity index (χ1v) is 6.54. The molecule has 0 atom stereocenters.